The molecule has 1 aromatic heterocycles. The van der Waals surface area contributed by atoms with Crippen molar-refractivity contribution in [3.8, 4) is 17.1 Å². The first-order valence-electron chi connectivity index (χ1n) is 6.27. The van der Waals surface area contributed by atoms with Crippen molar-refractivity contribution in [3.63, 3.8) is 0 Å². The van der Waals surface area contributed by atoms with Gasteiger partial charge in [-0.05, 0) is 47.2 Å². The van der Waals surface area contributed by atoms with Gasteiger partial charge in [-0.2, -0.15) is 0 Å². The zero-order valence-corrected chi connectivity index (χ0v) is 12.6. The van der Waals surface area contributed by atoms with E-state index < -0.39 is 0 Å². The SMILES string of the molecule is COc1ccc(-c2nc(Br)c3n2CCN(C)C3)cc1. The Balaban J connectivity index is 2.03. The van der Waals surface area contributed by atoms with Crippen molar-refractivity contribution >= 4 is 15.9 Å². The van der Waals surface area contributed by atoms with E-state index in [1.165, 1.54) is 5.69 Å². The van der Waals surface area contributed by atoms with Crippen molar-refractivity contribution in [3.05, 3.63) is 34.6 Å². The second kappa shape index (κ2) is 4.98. The monoisotopic (exact) mass is 321 g/mol. The van der Waals surface area contributed by atoms with Crippen LogP contribution in [0.2, 0.25) is 0 Å². The van der Waals surface area contributed by atoms with Crippen LogP contribution in [0.15, 0.2) is 28.9 Å². The number of hydrogen-bond donors (Lipinski definition) is 0. The Labute approximate surface area is 121 Å². The highest BCUT2D eigenvalue weighted by molar-refractivity contribution is 9.10. The lowest BCUT2D eigenvalue weighted by atomic mass is 10.2. The molecule has 0 bridgehead atoms. The molecule has 5 heteroatoms. The maximum absolute atomic E-state index is 5.19. The highest BCUT2D eigenvalue weighted by Gasteiger charge is 2.21. The van der Waals surface area contributed by atoms with Crippen LogP contribution in [-0.4, -0.2) is 35.2 Å². The quantitative estimate of drug-likeness (QED) is 0.852. The van der Waals surface area contributed by atoms with Gasteiger partial charge in [0.25, 0.3) is 0 Å². The molecule has 100 valence electrons. The van der Waals surface area contributed by atoms with E-state index in [1.807, 2.05) is 12.1 Å². The molecule has 0 amide bonds. The van der Waals surface area contributed by atoms with Crippen LogP contribution in [0.25, 0.3) is 11.4 Å². The summed E-state index contributed by atoms with van der Waals surface area (Å²) in [7, 11) is 3.81. The van der Waals surface area contributed by atoms with Crippen molar-refractivity contribution in [2.75, 3.05) is 20.7 Å². The number of methoxy groups -OCH3 is 1. The van der Waals surface area contributed by atoms with Crippen LogP contribution in [0.3, 0.4) is 0 Å². The Bertz CT molecular complexity index is 591. The Morgan fingerprint density at radius 3 is 2.63 bits per heavy atom. The van der Waals surface area contributed by atoms with Crippen LogP contribution in [-0.2, 0) is 13.1 Å². The number of nitrogens with zero attached hydrogens (tertiary/aromatic N) is 3. The number of benzene rings is 1. The number of halogens is 1. The largest absolute Gasteiger partial charge is 0.497 e. The fourth-order valence-electron chi connectivity index (χ4n) is 2.41. The van der Waals surface area contributed by atoms with Crippen LogP contribution >= 0.6 is 15.9 Å². The Kier molecular flexibility index (Phi) is 3.33. The van der Waals surface area contributed by atoms with Crippen LogP contribution in [0.4, 0.5) is 0 Å². The van der Waals surface area contributed by atoms with Crippen molar-refractivity contribution in [2.45, 2.75) is 13.1 Å². The molecule has 1 aromatic carbocycles. The van der Waals surface area contributed by atoms with E-state index in [0.717, 1.165) is 41.4 Å². The number of hydrogen-bond acceptors (Lipinski definition) is 3. The molecule has 1 aliphatic heterocycles. The molecule has 0 saturated carbocycles. The minimum atomic E-state index is 0.868. The Hall–Kier alpha value is -1.33. The molecule has 0 N–H and O–H groups in total. The van der Waals surface area contributed by atoms with Crippen LogP contribution in [0.1, 0.15) is 5.69 Å². The molecule has 1 aliphatic rings. The van der Waals surface area contributed by atoms with Crippen molar-refractivity contribution < 1.29 is 4.74 Å². The first-order valence-corrected chi connectivity index (χ1v) is 7.06. The molecule has 3 rings (SSSR count). The van der Waals surface area contributed by atoms with Crippen molar-refractivity contribution in [1.29, 1.82) is 0 Å². The van der Waals surface area contributed by atoms with Gasteiger partial charge in [0, 0.05) is 25.2 Å². The van der Waals surface area contributed by atoms with Gasteiger partial charge in [0.15, 0.2) is 0 Å². The lowest BCUT2D eigenvalue weighted by molar-refractivity contribution is 0.270. The minimum Gasteiger partial charge on any atom is -0.497 e. The second-order valence-electron chi connectivity index (χ2n) is 4.79. The zero-order valence-electron chi connectivity index (χ0n) is 11.1. The smallest absolute Gasteiger partial charge is 0.141 e. The standard InChI is InChI=1S/C14H16BrN3O/c1-17-7-8-18-12(9-17)13(15)16-14(18)10-3-5-11(19-2)6-4-10/h3-6H,7-9H2,1-2H3. The number of fused-ring (bicyclic) bond motifs is 1. The van der Waals surface area contributed by atoms with E-state index in [9.17, 15) is 0 Å². The van der Waals surface area contributed by atoms with E-state index in [4.69, 9.17) is 4.74 Å². The fraction of sp³-hybridized carbons (Fsp3) is 0.357. The van der Waals surface area contributed by atoms with E-state index in [-0.39, 0.29) is 0 Å². The average molecular weight is 322 g/mol. The van der Waals surface area contributed by atoms with Gasteiger partial charge in [0.1, 0.15) is 16.2 Å². The maximum atomic E-state index is 5.19. The van der Waals surface area contributed by atoms with Gasteiger partial charge in [-0.25, -0.2) is 4.98 Å². The van der Waals surface area contributed by atoms with Crippen LogP contribution in [0.5, 0.6) is 5.75 Å². The van der Waals surface area contributed by atoms with E-state index >= 15 is 0 Å². The van der Waals surface area contributed by atoms with Crippen molar-refractivity contribution in [1.82, 2.24) is 14.5 Å². The number of aromatic nitrogens is 2. The zero-order chi connectivity index (χ0) is 13.4. The fourth-order valence-corrected chi connectivity index (χ4v) is 2.92. The van der Waals surface area contributed by atoms with Gasteiger partial charge in [0.05, 0.1) is 12.8 Å². The third-order valence-electron chi connectivity index (χ3n) is 3.50. The van der Waals surface area contributed by atoms with Crippen molar-refractivity contribution in [2.24, 2.45) is 0 Å². The van der Waals surface area contributed by atoms with Crippen LogP contribution in [0, 0.1) is 0 Å². The molecule has 0 fully saturated rings. The molecule has 2 aromatic rings. The molecule has 0 saturated heterocycles. The number of likely N-dealkylation sites (N-methyl/N-ethyl adjacent to an activating group) is 1. The highest BCUT2D eigenvalue weighted by Crippen LogP contribution is 2.29. The average Bonchev–Trinajstić information content (AvgIpc) is 2.76. The first-order chi connectivity index (χ1) is 9.19. The topological polar surface area (TPSA) is 30.3 Å². The van der Waals surface area contributed by atoms with Gasteiger partial charge in [-0.1, -0.05) is 0 Å². The lowest BCUT2D eigenvalue weighted by Crippen LogP contribution is -2.30. The lowest BCUT2D eigenvalue weighted by Gasteiger charge is -2.25. The summed E-state index contributed by atoms with van der Waals surface area (Å²) in [5, 5.41) is 0. The summed E-state index contributed by atoms with van der Waals surface area (Å²) in [5.41, 5.74) is 2.37. The maximum Gasteiger partial charge on any atom is 0.141 e. The summed E-state index contributed by atoms with van der Waals surface area (Å²) < 4.78 is 8.44. The van der Waals surface area contributed by atoms with Gasteiger partial charge in [0.2, 0.25) is 0 Å². The predicted octanol–water partition coefficient (Wildman–Crippen LogP) is 2.77. The Morgan fingerprint density at radius 2 is 1.95 bits per heavy atom. The van der Waals surface area contributed by atoms with E-state index in [1.54, 1.807) is 7.11 Å². The third-order valence-corrected chi connectivity index (χ3v) is 4.13. The molecular formula is C14H16BrN3O. The van der Waals surface area contributed by atoms with Gasteiger partial charge < -0.3 is 9.30 Å². The number of imidazole rings is 1. The predicted molar refractivity (Wildman–Crippen MR) is 78.2 cm³/mol. The van der Waals surface area contributed by atoms with Gasteiger partial charge in [-0.15, -0.1) is 0 Å². The molecule has 0 aliphatic carbocycles. The summed E-state index contributed by atoms with van der Waals surface area (Å²) in [4.78, 5) is 6.97. The minimum absolute atomic E-state index is 0.868. The molecule has 2 heterocycles. The van der Waals surface area contributed by atoms with Gasteiger partial charge in [-0.3, -0.25) is 4.90 Å². The Morgan fingerprint density at radius 1 is 1.21 bits per heavy atom. The molecule has 0 radical (unpaired) electrons. The first kappa shape index (κ1) is 12.7. The van der Waals surface area contributed by atoms with Gasteiger partial charge >= 0.3 is 0 Å². The molecule has 0 atom stereocenters. The normalized spacial score (nSPS) is 15.3. The molecule has 0 unspecified atom stereocenters. The van der Waals surface area contributed by atoms with E-state index in [0.29, 0.717) is 0 Å². The number of rotatable bonds is 2. The second-order valence-corrected chi connectivity index (χ2v) is 5.54. The highest BCUT2D eigenvalue weighted by atomic mass is 79.9. The summed E-state index contributed by atoms with van der Waals surface area (Å²) in [6.45, 7) is 2.97. The molecule has 19 heavy (non-hydrogen) atoms. The molecule has 0 spiro atoms. The number of ether oxygens (including phenoxy) is 1. The summed E-state index contributed by atoms with van der Waals surface area (Å²) in [5.74, 6) is 1.89. The molecule has 4 nitrogen and oxygen atoms in total. The summed E-state index contributed by atoms with van der Waals surface area (Å²) in [6.07, 6.45) is 0. The third kappa shape index (κ3) is 2.28. The summed E-state index contributed by atoms with van der Waals surface area (Å²) >= 11 is 3.57. The summed E-state index contributed by atoms with van der Waals surface area (Å²) in [6, 6.07) is 8.05. The van der Waals surface area contributed by atoms with Crippen LogP contribution < -0.4 is 4.74 Å². The molecular weight excluding hydrogens is 306 g/mol. The van der Waals surface area contributed by atoms with E-state index in [2.05, 4.69) is 49.6 Å².